The third-order valence-electron chi connectivity index (χ3n) is 5.15. The van der Waals surface area contributed by atoms with E-state index >= 15 is 0 Å². The highest BCUT2D eigenvalue weighted by molar-refractivity contribution is 5.76. The summed E-state index contributed by atoms with van der Waals surface area (Å²) < 4.78 is 20.5. The lowest BCUT2D eigenvalue weighted by Crippen LogP contribution is -2.42. The van der Waals surface area contributed by atoms with Crippen LogP contribution in [0, 0.1) is 5.82 Å². The van der Waals surface area contributed by atoms with Gasteiger partial charge in [0.05, 0.1) is 6.20 Å². The predicted octanol–water partition coefficient (Wildman–Crippen LogP) is 2.01. The summed E-state index contributed by atoms with van der Waals surface area (Å²) in [5.41, 5.74) is -0.366. The van der Waals surface area contributed by atoms with E-state index in [1.165, 1.54) is 29.0 Å². The van der Waals surface area contributed by atoms with Crippen LogP contribution in [0.15, 0.2) is 56.7 Å². The summed E-state index contributed by atoms with van der Waals surface area (Å²) in [7, 11) is 0. The van der Waals surface area contributed by atoms with Crippen molar-refractivity contribution in [2.45, 2.75) is 38.3 Å². The monoisotopic (exact) mass is 412 g/mol. The molecule has 3 aromatic rings. The molecule has 30 heavy (non-hydrogen) atoms. The Kier molecular flexibility index (Phi) is 5.60. The molecule has 0 bridgehead atoms. The molecule has 0 saturated carbocycles. The van der Waals surface area contributed by atoms with Crippen LogP contribution in [-0.2, 0) is 17.8 Å². The maximum atomic E-state index is 13.4. The van der Waals surface area contributed by atoms with Gasteiger partial charge in [0.25, 0.3) is 5.56 Å². The number of oxazole rings is 1. The van der Waals surface area contributed by atoms with Crippen LogP contribution in [0.1, 0.15) is 42.5 Å². The minimum atomic E-state index is -0.627. The van der Waals surface area contributed by atoms with Crippen LogP contribution in [0.5, 0.6) is 0 Å². The second-order valence-corrected chi connectivity index (χ2v) is 7.31. The number of hydrogen-bond donors (Lipinski definition) is 1. The van der Waals surface area contributed by atoms with Crippen molar-refractivity contribution in [2.75, 3.05) is 6.54 Å². The minimum Gasteiger partial charge on any atom is -0.443 e. The van der Waals surface area contributed by atoms with E-state index in [2.05, 4.69) is 9.97 Å². The molecule has 1 aromatic carbocycles. The first-order valence-electron chi connectivity index (χ1n) is 9.78. The third-order valence-corrected chi connectivity index (χ3v) is 5.15. The molecule has 1 atom stereocenters. The molecule has 9 heteroatoms. The summed E-state index contributed by atoms with van der Waals surface area (Å²) >= 11 is 0. The Hall–Kier alpha value is -3.49. The second kappa shape index (κ2) is 8.48. The summed E-state index contributed by atoms with van der Waals surface area (Å²) in [6, 6.07) is 7.15. The van der Waals surface area contributed by atoms with Gasteiger partial charge in [-0.2, -0.15) is 0 Å². The number of halogens is 1. The van der Waals surface area contributed by atoms with E-state index in [1.807, 2.05) is 6.07 Å². The summed E-state index contributed by atoms with van der Waals surface area (Å²) in [5, 5.41) is 0. The van der Waals surface area contributed by atoms with Crippen LogP contribution in [0.25, 0.3) is 0 Å². The van der Waals surface area contributed by atoms with Crippen molar-refractivity contribution in [3.05, 3.63) is 86.6 Å². The zero-order chi connectivity index (χ0) is 21.1. The number of carbonyl (C=O) groups is 1. The molecule has 8 nitrogen and oxygen atoms in total. The highest BCUT2D eigenvalue weighted by Crippen LogP contribution is 2.31. The average Bonchev–Trinajstić information content (AvgIpc) is 3.18. The molecule has 1 saturated heterocycles. The summed E-state index contributed by atoms with van der Waals surface area (Å²) in [6.45, 7) is 0.353. The molecule has 1 aliphatic heterocycles. The fourth-order valence-electron chi connectivity index (χ4n) is 3.70. The number of nitrogens with one attached hydrogen (secondary N) is 1. The molecule has 2 aromatic heterocycles. The Morgan fingerprint density at radius 1 is 1.27 bits per heavy atom. The molecule has 1 amide bonds. The van der Waals surface area contributed by atoms with Gasteiger partial charge in [-0.05, 0) is 37.0 Å². The molecule has 3 heterocycles. The lowest BCUT2D eigenvalue weighted by atomic mass is 10.0. The first kappa shape index (κ1) is 19.8. The van der Waals surface area contributed by atoms with E-state index in [4.69, 9.17) is 4.42 Å². The van der Waals surface area contributed by atoms with E-state index in [0.29, 0.717) is 31.0 Å². The maximum Gasteiger partial charge on any atom is 0.328 e. The van der Waals surface area contributed by atoms with Gasteiger partial charge < -0.3 is 9.32 Å². The summed E-state index contributed by atoms with van der Waals surface area (Å²) in [5.74, 6) is 0.459. The first-order valence-corrected chi connectivity index (χ1v) is 9.78. The van der Waals surface area contributed by atoms with Gasteiger partial charge in [-0.3, -0.25) is 19.1 Å². The van der Waals surface area contributed by atoms with Gasteiger partial charge in [-0.15, -0.1) is 0 Å². The smallest absolute Gasteiger partial charge is 0.328 e. The molecule has 156 valence electrons. The highest BCUT2D eigenvalue weighted by Gasteiger charge is 2.31. The molecule has 1 N–H and O–H groups in total. The minimum absolute atomic E-state index is 0.178. The summed E-state index contributed by atoms with van der Waals surface area (Å²) in [6.07, 6.45) is 5.78. The van der Waals surface area contributed by atoms with Crippen LogP contribution in [0.2, 0.25) is 0 Å². The van der Waals surface area contributed by atoms with Gasteiger partial charge >= 0.3 is 5.69 Å². The van der Waals surface area contributed by atoms with Crippen molar-refractivity contribution in [3.63, 3.8) is 0 Å². The van der Waals surface area contributed by atoms with Gasteiger partial charge in [0.15, 0.2) is 0 Å². The van der Waals surface area contributed by atoms with Crippen molar-refractivity contribution in [1.29, 1.82) is 0 Å². The second-order valence-electron chi connectivity index (χ2n) is 7.31. The standard InChI is InChI=1S/C21H21FN4O4/c22-15-5-3-4-14(10-15)11-16-12-23-20(30-16)17-6-1-2-8-26(17)19(28)13-25-9-7-18(27)24-21(25)29/h3-5,7,9-10,12,17H,1-2,6,8,11,13H2,(H,24,27,29)/t17-/m0/s1. The Balaban J connectivity index is 1.51. The number of carbonyl (C=O) groups excluding carboxylic acids is 1. The number of rotatable bonds is 5. The van der Waals surface area contributed by atoms with Gasteiger partial charge in [0, 0.05) is 25.2 Å². The van der Waals surface area contributed by atoms with Crippen LogP contribution < -0.4 is 11.2 Å². The van der Waals surface area contributed by atoms with Gasteiger partial charge in [0.1, 0.15) is 24.2 Å². The van der Waals surface area contributed by atoms with Crippen molar-refractivity contribution in [1.82, 2.24) is 19.4 Å². The quantitative estimate of drug-likeness (QED) is 0.691. The number of nitrogens with zero attached hydrogens (tertiary/aromatic N) is 3. The van der Waals surface area contributed by atoms with Gasteiger partial charge in [-0.1, -0.05) is 12.1 Å². The molecule has 0 unspecified atom stereocenters. The fraction of sp³-hybridized carbons (Fsp3) is 0.333. The van der Waals surface area contributed by atoms with E-state index in [1.54, 1.807) is 17.2 Å². The van der Waals surface area contributed by atoms with E-state index < -0.39 is 11.2 Å². The van der Waals surface area contributed by atoms with Crippen LogP contribution in [-0.4, -0.2) is 31.9 Å². The van der Waals surface area contributed by atoms with Crippen LogP contribution in [0.4, 0.5) is 4.39 Å². The third kappa shape index (κ3) is 4.40. The number of likely N-dealkylation sites (tertiary alicyclic amines) is 1. The van der Waals surface area contributed by atoms with Crippen molar-refractivity contribution in [3.8, 4) is 0 Å². The zero-order valence-corrected chi connectivity index (χ0v) is 16.2. The molecule has 0 spiro atoms. The lowest BCUT2D eigenvalue weighted by molar-refractivity contribution is -0.136. The normalized spacial score (nSPS) is 16.6. The molecular weight excluding hydrogens is 391 g/mol. The van der Waals surface area contributed by atoms with Crippen molar-refractivity contribution >= 4 is 5.91 Å². The maximum absolute atomic E-state index is 13.4. The van der Waals surface area contributed by atoms with Crippen LogP contribution >= 0.6 is 0 Å². The zero-order valence-electron chi connectivity index (χ0n) is 16.2. The van der Waals surface area contributed by atoms with Crippen molar-refractivity contribution < 1.29 is 13.6 Å². The number of aromatic amines is 1. The largest absolute Gasteiger partial charge is 0.443 e. The highest BCUT2D eigenvalue weighted by atomic mass is 19.1. The molecule has 0 aliphatic carbocycles. The predicted molar refractivity (Wildman–Crippen MR) is 105 cm³/mol. The van der Waals surface area contributed by atoms with E-state index in [0.717, 1.165) is 18.4 Å². The molecule has 4 rings (SSSR count). The molecular formula is C21H21FN4O4. The topological polar surface area (TPSA) is 101 Å². The van der Waals surface area contributed by atoms with Crippen molar-refractivity contribution in [2.24, 2.45) is 0 Å². The molecule has 1 aliphatic rings. The molecule has 1 fully saturated rings. The van der Waals surface area contributed by atoms with Gasteiger partial charge in [0.2, 0.25) is 11.8 Å². The lowest BCUT2D eigenvalue weighted by Gasteiger charge is -2.33. The Morgan fingerprint density at radius 2 is 2.13 bits per heavy atom. The first-order chi connectivity index (χ1) is 14.5. The fourth-order valence-corrected chi connectivity index (χ4v) is 3.70. The summed E-state index contributed by atoms with van der Waals surface area (Å²) in [4.78, 5) is 44.2. The van der Waals surface area contributed by atoms with Gasteiger partial charge in [-0.25, -0.2) is 14.2 Å². The van der Waals surface area contributed by atoms with Crippen LogP contribution in [0.3, 0.4) is 0 Å². The number of amides is 1. The number of H-pyrrole nitrogens is 1. The molecule has 0 radical (unpaired) electrons. The average molecular weight is 412 g/mol. The van der Waals surface area contributed by atoms with E-state index in [9.17, 15) is 18.8 Å². The Bertz CT molecular complexity index is 1170. The Morgan fingerprint density at radius 3 is 2.93 bits per heavy atom. The number of piperidine rings is 1. The number of hydrogen-bond acceptors (Lipinski definition) is 5. The number of aromatic nitrogens is 3. The van der Waals surface area contributed by atoms with E-state index in [-0.39, 0.29) is 24.3 Å². The SMILES string of the molecule is O=C(Cn1ccc(=O)[nH]c1=O)N1CCCC[C@H]1c1ncc(Cc2cccc(F)c2)o1. The number of benzene rings is 1. The Labute approximate surface area is 171 Å².